The lowest BCUT2D eigenvalue weighted by Gasteiger charge is -2.31. The number of piperidine rings is 1. The number of rotatable bonds is 10. The molecule has 0 radical (unpaired) electrons. The molecule has 1 fully saturated rings. The van der Waals surface area contributed by atoms with Crippen molar-refractivity contribution < 1.29 is 4.74 Å². The van der Waals surface area contributed by atoms with E-state index in [0.29, 0.717) is 5.92 Å². The fourth-order valence-electron chi connectivity index (χ4n) is 2.91. The first-order valence-corrected chi connectivity index (χ1v) is 9.40. The molecule has 23 heavy (non-hydrogen) atoms. The van der Waals surface area contributed by atoms with Crippen LogP contribution in [0.3, 0.4) is 0 Å². The highest BCUT2D eigenvalue weighted by atomic mass is 16.5. The molecule has 1 aliphatic heterocycles. The summed E-state index contributed by atoms with van der Waals surface area (Å²) in [5.41, 5.74) is 0. The first-order chi connectivity index (χ1) is 11.2. The highest BCUT2D eigenvalue weighted by molar-refractivity contribution is 5.79. The number of ether oxygens (including phenoxy) is 1. The summed E-state index contributed by atoms with van der Waals surface area (Å²) in [4.78, 5) is 6.83. The quantitative estimate of drug-likeness (QED) is 0.367. The third kappa shape index (κ3) is 9.82. The van der Waals surface area contributed by atoms with Crippen LogP contribution in [-0.4, -0.2) is 63.8 Å². The molecule has 0 aromatic heterocycles. The summed E-state index contributed by atoms with van der Waals surface area (Å²) >= 11 is 0. The minimum atomic E-state index is 0.613. The highest BCUT2D eigenvalue weighted by Gasteiger charge is 2.17. The van der Waals surface area contributed by atoms with Crippen molar-refractivity contribution in [1.82, 2.24) is 15.5 Å². The maximum atomic E-state index is 5.58. The molecule has 0 amide bonds. The summed E-state index contributed by atoms with van der Waals surface area (Å²) in [5.74, 6) is 2.40. The number of aliphatic imine (C=N–C) groups is 1. The largest absolute Gasteiger partial charge is 0.381 e. The van der Waals surface area contributed by atoms with E-state index < -0.39 is 0 Å². The van der Waals surface area contributed by atoms with E-state index in [0.717, 1.165) is 44.6 Å². The Kier molecular flexibility index (Phi) is 11.1. The zero-order valence-corrected chi connectivity index (χ0v) is 15.7. The topological polar surface area (TPSA) is 48.9 Å². The summed E-state index contributed by atoms with van der Waals surface area (Å²) in [5, 5.41) is 6.80. The molecule has 0 atom stereocenters. The Balaban J connectivity index is 2.01. The average molecular weight is 327 g/mol. The molecule has 136 valence electrons. The third-order valence-electron chi connectivity index (χ3n) is 4.43. The van der Waals surface area contributed by atoms with Crippen molar-refractivity contribution in [2.45, 2.75) is 46.5 Å². The van der Waals surface area contributed by atoms with Crippen molar-refractivity contribution in [2.75, 3.05) is 53.0 Å². The van der Waals surface area contributed by atoms with Crippen LogP contribution in [0.2, 0.25) is 0 Å². The molecule has 1 heterocycles. The molecule has 1 saturated heterocycles. The van der Waals surface area contributed by atoms with Crippen molar-refractivity contribution in [3.8, 4) is 0 Å². The zero-order valence-electron chi connectivity index (χ0n) is 15.7. The molecule has 0 aromatic rings. The van der Waals surface area contributed by atoms with Crippen molar-refractivity contribution >= 4 is 5.96 Å². The average Bonchev–Trinajstić information content (AvgIpc) is 2.56. The van der Waals surface area contributed by atoms with Gasteiger partial charge in [0.2, 0.25) is 0 Å². The molecule has 5 nitrogen and oxygen atoms in total. The minimum Gasteiger partial charge on any atom is -0.381 e. The van der Waals surface area contributed by atoms with Crippen molar-refractivity contribution in [3.05, 3.63) is 0 Å². The molecule has 1 aliphatic rings. The van der Waals surface area contributed by atoms with Gasteiger partial charge in [-0.15, -0.1) is 0 Å². The lowest BCUT2D eigenvalue weighted by Crippen LogP contribution is -2.40. The van der Waals surface area contributed by atoms with Gasteiger partial charge >= 0.3 is 0 Å². The summed E-state index contributed by atoms with van der Waals surface area (Å²) in [6.07, 6.45) is 4.95. The molecule has 1 rings (SSSR count). The second kappa shape index (κ2) is 12.6. The Bertz CT molecular complexity index is 312. The first kappa shape index (κ1) is 20.2. The maximum absolute atomic E-state index is 5.58. The molecule has 0 aromatic carbocycles. The Morgan fingerprint density at radius 3 is 2.52 bits per heavy atom. The standard InChI is InChI=1S/C18H38N4O/c1-5-22-12-8-17(9-13-22)7-11-21-18(19-4)20-10-6-14-23-15-16(2)3/h16-17H,5-15H2,1-4H3,(H2,19,20,21). The van der Waals surface area contributed by atoms with Crippen LogP contribution < -0.4 is 10.6 Å². The number of hydrogen-bond acceptors (Lipinski definition) is 3. The molecular weight excluding hydrogens is 288 g/mol. The monoisotopic (exact) mass is 326 g/mol. The molecule has 5 heteroatoms. The van der Waals surface area contributed by atoms with E-state index in [1.165, 1.54) is 38.9 Å². The molecule has 0 unspecified atom stereocenters. The Labute approximate surface area is 143 Å². The molecule has 0 saturated carbocycles. The zero-order chi connectivity index (χ0) is 16.9. The molecule has 0 spiro atoms. The number of likely N-dealkylation sites (tertiary alicyclic amines) is 1. The van der Waals surface area contributed by atoms with Crippen LogP contribution in [0.1, 0.15) is 46.5 Å². The minimum absolute atomic E-state index is 0.613. The van der Waals surface area contributed by atoms with Gasteiger partial charge in [0.05, 0.1) is 0 Å². The van der Waals surface area contributed by atoms with E-state index in [1.54, 1.807) is 0 Å². The predicted octanol–water partition coefficient (Wildman–Crippen LogP) is 2.34. The number of guanidine groups is 1. The van der Waals surface area contributed by atoms with Gasteiger partial charge in [0.25, 0.3) is 0 Å². The van der Waals surface area contributed by atoms with Gasteiger partial charge in [-0.05, 0) is 57.2 Å². The van der Waals surface area contributed by atoms with E-state index in [9.17, 15) is 0 Å². The summed E-state index contributed by atoms with van der Waals surface area (Å²) in [7, 11) is 1.84. The maximum Gasteiger partial charge on any atom is 0.190 e. The highest BCUT2D eigenvalue weighted by Crippen LogP contribution is 2.19. The molecule has 0 aliphatic carbocycles. The molecular formula is C18H38N4O. The lowest BCUT2D eigenvalue weighted by molar-refractivity contribution is 0.108. The van der Waals surface area contributed by atoms with Gasteiger partial charge in [-0.25, -0.2) is 0 Å². The van der Waals surface area contributed by atoms with Gasteiger partial charge in [0.15, 0.2) is 5.96 Å². The van der Waals surface area contributed by atoms with Crippen LogP contribution in [0.4, 0.5) is 0 Å². The van der Waals surface area contributed by atoms with Crippen molar-refractivity contribution in [3.63, 3.8) is 0 Å². The summed E-state index contributed by atoms with van der Waals surface area (Å²) in [6, 6.07) is 0. The first-order valence-electron chi connectivity index (χ1n) is 9.40. The number of nitrogens with one attached hydrogen (secondary N) is 2. The van der Waals surface area contributed by atoms with Crippen molar-refractivity contribution in [2.24, 2.45) is 16.8 Å². The van der Waals surface area contributed by atoms with Crippen LogP contribution in [0.5, 0.6) is 0 Å². The van der Waals surface area contributed by atoms with Gasteiger partial charge in [-0.1, -0.05) is 20.8 Å². The predicted molar refractivity (Wildman–Crippen MR) is 99.1 cm³/mol. The fraction of sp³-hybridized carbons (Fsp3) is 0.944. The van der Waals surface area contributed by atoms with E-state index in [4.69, 9.17) is 4.74 Å². The van der Waals surface area contributed by atoms with Gasteiger partial charge in [-0.3, -0.25) is 4.99 Å². The second-order valence-electron chi connectivity index (χ2n) is 6.91. The van der Waals surface area contributed by atoms with Gasteiger partial charge in [-0.2, -0.15) is 0 Å². The van der Waals surface area contributed by atoms with Crippen molar-refractivity contribution in [1.29, 1.82) is 0 Å². The van der Waals surface area contributed by atoms with Gasteiger partial charge in [0, 0.05) is 33.4 Å². The van der Waals surface area contributed by atoms with Crippen LogP contribution >= 0.6 is 0 Å². The molecule has 0 bridgehead atoms. The smallest absolute Gasteiger partial charge is 0.190 e. The fourth-order valence-corrected chi connectivity index (χ4v) is 2.91. The van der Waals surface area contributed by atoms with Crippen LogP contribution in [-0.2, 0) is 4.74 Å². The Hall–Kier alpha value is -0.810. The molecule has 2 N–H and O–H groups in total. The van der Waals surface area contributed by atoms with Gasteiger partial charge < -0.3 is 20.3 Å². The normalized spacial score (nSPS) is 17.7. The lowest BCUT2D eigenvalue weighted by atomic mass is 9.93. The Morgan fingerprint density at radius 2 is 1.91 bits per heavy atom. The second-order valence-corrected chi connectivity index (χ2v) is 6.91. The van der Waals surface area contributed by atoms with Crippen LogP contribution in [0.25, 0.3) is 0 Å². The van der Waals surface area contributed by atoms with E-state index in [-0.39, 0.29) is 0 Å². The van der Waals surface area contributed by atoms with Gasteiger partial charge in [0.1, 0.15) is 0 Å². The van der Waals surface area contributed by atoms with E-state index in [1.807, 2.05) is 7.05 Å². The SMILES string of the molecule is CCN1CCC(CCNC(=NC)NCCCOCC(C)C)CC1. The van der Waals surface area contributed by atoms with Crippen LogP contribution in [0, 0.1) is 11.8 Å². The third-order valence-corrected chi connectivity index (χ3v) is 4.43. The van der Waals surface area contributed by atoms with E-state index >= 15 is 0 Å². The van der Waals surface area contributed by atoms with E-state index in [2.05, 4.69) is 41.3 Å². The number of nitrogens with zero attached hydrogens (tertiary/aromatic N) is 2. The number of hydrogen-bond donors (Lipinski definition) is 2. The van der Waals surface area contributed by atoms with Crippen LogP contribution in [0.15, 0.2) is 4.99 Å². The summed E-state index contributed by atoms with van der Waals surface area (Å²) < 4.78 is 5.58. The Morgan fingerprint density at radius 1 is 1.22 bits per heavy atom. The summed E-state index contributed by atoms with van der Waals surface area (Å²) in [6.45, 7) is 13.9.